The number of para-hydroxylation sites is 1. The fourth-order valence-electron chi connectivity index (χ4n) is 1.79. The summed E-state index contributed by atoms with van der Waals surface area (Å²) in [6, 6.07) is 15.9. The van der Waals surface area contributed by atoms with Gasteiger partial charge in [0.05, 0.1) is 7.11 Å². The Morgan fingerprint density at radius 1 is 1.00 bits per heavy atom. The van der Waals surface area contributed by atoms with Crippen molar-refractivity contribution < 1.29 is 4.74 Å². The van der Waals surface area contributed by atoms with Crippen LogP contribution in [0.4, 0.5) is 0 Å². The molecule has 0 fully saturated rings. The van der Waals surface area contributed by atoms with Gasteiger partial charge in [-0.15, -0.1) is 0 Å². The third-order valence-electron chi connectivity index (χ3n) is 2.75. The van der Waals surface area contributed by atoms with Crippen LogP contribution in [-0.4, -0.2) is 7.11 Å². The fraction of sp³-hybridized carbons (Fsp3) is 0.200. The third kappa shape index (κ3) is 3.49. The number of rotatable bonds is 5. The predicted molar refractivity (Wildman–Crippen MR) is 75.0 cm³/mol. The maximum absolute atomic E-state index is 5.84. The number of hydrogen-bond acceptors (Lipinski definition) is 2. The average Bonchev–Trinajstić information content (AvgIpc) is 2.41. The van der Waals surface area contributed by atoms with Crippen LogP contribution < -0.4 is 10.1 Å². The molecule has 0 atom stereocenters. The quantitative estimate of drug-likeness (QED) is 0.887. The molecule has 0 heterocycles. The molecule has 0 radical (unpaired) electrons. The van der Waals surface area contributed by atoms with Crippen LogP contribution in [0.25, 0.3) is 0 Å². The number of hydrogen-bond donors (Lipinski definition) is 1. The first-order valence-corrected chi connectivity index (χ1v) is 6.24. The second kappa shape index (κ2) is 6.43. The normalized spacial score (nSPS) is 10.3. The Labute approximate surface area is 113 Å². The molecule has 2 nitrogen and oxygen atoms in total. The molecule has 1 N–H and O–H groups in total. The van der Waals surface area contributed by atoms with Crippen LogP contribution >= 0.6 is 11.6 Å². The van der Waals surface area contributed by atoms with E-state index in [0.717, 1.165) is 29.4 Å². The molecule has 0 saturated carbocycles. The maximum atomic E-state index is 5.84. The predicted octanol–water partition coefficient (Wildman–Crippen LogP) is 3.64. The van der Waals surface area contributed by atoms with E-state index in [9.17, 15) is 0 Å². The summed E-state index contributed by atoms with van der Waals surface area (Å²) in [6.45, 7) is 1.60. The van der Waals surface area contributed by atoms with Crippen LogP contribution in [0.15, 0.2) is 48.5 Å². The Bertz CT molecular complexity index is 496. The molecule has 2 aromatic rings. The molecule has 0 aliphatic rings. The Hall–Kier alpha value is -1.51. The molecule has 0 aliphatic carbocycles. The van der Waals surface area contributed by atoms with E-state index in [1.807, 2.05) is 42.5 Å². The highest BCUT2D eigenvalue weighted by Gasteiger charge is 2.00. The van der Waals surface area contributed by atoms with Gasteiger partial charge in [-0.3, -0.25) is 0 Å². The van der Waals surface area contributed by atoms with Crippen molar-refractivity contribution in [1.29, 1.82) is 0 Å². The third-order valence-corrected chi connectivity index (χ3v) is 3.00. The highest BCUT2D eigenvalue weighted by Crippen LogP contribution is 2.17. The van der Waals surface area contributed by atoms with Crippen molar-refractivity contribution in [3.8, 4) is 5.75 Å². The molecular formula is C15H16ClNO. The molecule has 2 aromatic carbocycles. The molecule has 0 saturated heterocycles. The topological polar surface area (TPSA) is 21.3 Å². The van der Waals surface area contributed by atoms with Crippen molar-refractivity contribution in [2.24, 2.45) is 0 Å². The SMILES string of the molecule is COc1ccccc1CNCc1ccc(Cl)cc1. The van der Waals surface area contributed by atoms with E-state index in [1.54, 1.807) is 7.11 Å². The number of nitrogens with one attached hydrogen (secondary N) is 1. The molecule has 3 heteroatoms. The van der Waals surface area contributed by atoms with Crippen LogP contribution in [0, 0.1) is 0 Å². The van der Waals surface area contributed by atoms with Crippen molar-refractivity contribution in [1.82, 2.24) is 5.32 Å². The zero-order valence-electron chi connectivity index (χ0n) is 10.3. The summed E-state index contributed by atoms with van der Waals surface area (Å²) in [4.78, 5) is 0. The first kappa shape index (κ1) is 12.9. The van der Waals surface area contributed by atoms with E-state index in [-0.39, 0.29) is 0 Å². The number of ether oxygens (including phenoxy) is 1. The standard InChI is InChI=1S/C15H16ClNO/c1-18-15-5-3-2-4-13(15)11-17-10-12-6-8-14(16)9-7-12/h2-9,17H,10-11H2,1H3. The van der Waals surface area contributed by atoms with Crippen LogP contribution in [0.3, 0.4) is 0 Å². The highest BCUT2D eigenvalue weighted by molar-refractivity contribution is 6.30. The van der Waals surface area contributed by atoms with Crippen molar-refractivity contribution in [2.75, 3.05) is 7.11 Å². The molecule has 2 rings (SSSR count). The van der Waals surface area contributed by atoms with E-state index < -0.39 is 0 Å². The van der Waals surface area contributed by atoms with Crippen molar-refractivity contribution >= 4 is 11.6 Å². The summed E-state index contributed by atoms with van der Waals surface area (Å²) in [5.74, 6) is 0.918. The van der Waals surface area contributed by atoms with E-state index in [4.69, 9.17) is 16.3 Å². The lowest BCUT2D eigenvalue weighted by atomic mass is 10.2. The van der Waals surface area contributed by atoms with Crippen molar-refractivity contribution in [3.05, 3.63) is 64.7 Å². The minimum Gasteiger partial charge on any atom is -0.496 e. The van der Waals surface area contributed by atoms with E-state index in [1.165, 1.54) is 5.56 Å². The summed E-state index contributed by atoms with van der Waals surface area (Å²) in [7, 11) is 1.69. The van der Waals surface area contributed by atoms with Gasteiger partial charge in [0.2, 0.25) is 0 Å². The molecule has 0 aliphatic heterocycles. The number of benzene rings is 2. The Balaban J connectivity index is 1.90. The second-order valence-corrected chi connectivity index (χ2v) is 4.48. The number of methoxy groups -OCH3 is 1. The van der Waals surface area contributed by atoms with Crippen LogP contribution in [0.5, 0.6) is 5.75 Å². The van der Waals surface area contributed by atoms with E-state index in [0.29, 0.717) is 0 Å². The first-order valence-electron chi connectivity index (χ1n) is 5.86. The second-order valence-electron chi connectivity index (χ2n) is 4.04. The van der Waals surface area contributed by atoms with Crippen LogP contribution in [-0.2, 0) is 13.1 Å². The molecule has 0 unspecified atom stereocenters. The zero-order chi connectivity index (χ0) is 12.8. The Kier molecular flexibility index (Phi) is 4.62. The zero-order valence-corrected chi connectivity index (χ0v) is 11.1. The summed E-state index contributed by atoms with van der Waals surface area (Å²) in [5.41, 5.74) is 2.38. The average molecular weight is 262 g/mol. The molecule has 0 amide bonds. The van der Waals surface area contributed by atoms with E-state index in [2.05, 4.69) is 11.4 Å². The van der Waals surface area contributed by atoms with Gasteiger partial charge >= 0.3 is 0 Å². The first-order chi connectivity index (χ1) is 8.79. The molecule has 18 heavy (non-hydrogen) atoms. The van der Waals surface area contributed by atoms with Gasteiger partial charge in [0.15, 0.2) is 0 Å². The summed E-state index contributed by atoms with van der Waals surface area (Å²) in [5, 5.41) is 4.16. The van der Waals surface area contributed by atoms with Crippen molar-refractivity contribution in [2.45, 2.75) is 13.1 Å². The molecule has 0 aromatic heterocycles. The monoisotopic (exact) mass is 261 g/mol. The smallest absolute Gasteiger partial charge is 0.123 e. The van der Waals surface area contributed by atoms with E-state index >= 15 is 0 Å². The Morgan fingerprint density at radius 3 is 2.44 bits per heavy atom. The van der Waals surface area contributed by atoms with Gasteiger partial charge in [-0.2, -0.15) is 0 Å². The highest BCUT2D eigenvalue weighted by atomic mass is 35.5. The molecule has 0 bridgehead atoms. The van der Waals surface area contributed by atoms with Crippen molar-refractivity contribution in [3.63, 3.8) is 0 Å². The van der Waals surface area contributed by atoms with Gasteiger partial charge < -0.3 is 10.1 Å². The minimum atomic E-state index is 0.767. The largest absolute Gasteiger partial charge is 0.496 e. The van der Waals surface area contributed by atoms with Gasteiger partial charge in [-0.25, -0.2) is 0 Å². The summed E-state index contributed by atoms with van der Waals surface area (Å²) in [6.07, 6.45) is 0. The molecule has 0 spiro atoms. The fourth-order valence-corrected chi connectivity index (χ4v) is 1.92. The maximum Gasteiger partial charge on any atom is 0.123 e. The van der Waals surface area contributed by atoms with Crippen LogP contribution in [0.1, 0.15) is 11.1 Å². The molecular weight excluding hydrogens is 246 g/mol. The number of halogens is 1. The lowest BCUT2D eigenvalue weighted by Gasteiger charge is -2.09. The van der Waals surface area contributed by atoms with Gasteiger partial charge in [0.25, 0.3) is 0 Å². The lowest BCUT2D eigenvalue weighted by Crippen LogP contribution is -2.13. The van der Waals surface area contributed by atoms with Gasteiger partial charge in [-0.05, 0) is 23.8 Å². The van der Waals surface area contributed by atoms with Gasteiger partial charge in [-0.1, -0.05) is 41.9 Å². The lowest BCUT2D eigenvalue weighted by molar-refractivity contribution is 0.407. The van der Waals surface area contributed by atoms with Gasteiger partial charge in [0.1, 0.15) is 5.75 Å². The summed E-state index contributed by atoms with van der Waals surface area (Å²) >= 11 is 5.84. The summed E-state index contributed by atoms with van der Waals surface area (Å²) < 4.78 is 5.31. The van der Waals surface area contributed by atoms with Crippen LogP contribution in [0.2, 0.25) is 5.02 Å². The Morgan fingerprint density at radius 2 is 1.72 bits per heavy atom. The molecule has 94 valence electrons. The minimum absolute atomic E-state index is 0.767. The van der Waals surface area contributed by atoms with Gasteiger partial charge in [0, 0.05) is 23.7 Å².